The van der Waals surface area contributed by atoms with Crippen molar-refractivity contribution in [2.45, 2.75) is 52.4 Å². The summed E-state index contributed by atoms with van der Waals surface area (Å²) >= 11 is 0. The number of rotatable bonds is 4. The number of methoxy groups -OCH3 is 1. The highest BCUT2D eigenvalue weighted by atomic mass is 19.4. The molecule has 0 amide bonds. The summed E-state index contributed by atoms with van der Waals surface area (Å²) in [4.78, 5) is 17.0. The number of esters is 1. The summed E-state index contributed by atoms with van der Waals surface area (Å²) in [5.74, 6) is 0.451. The van der Waals surface area contributed by atoms with Gasteiger partial charge in [0.1, 0.15) is 17.5 Å². The third kappa shape index (κ3) is 5.15. The Kier molecular flexibility index (Phi) is 6.34. The number of benzene rings is 2. The predicted molar refractivity (Wildman–Crippen MR) is 130 cm³/mol. The molecule has 2 aromatic carbocycles. The molecular weight excluding hydrogens is 459 g/mol. The average Bonchev–Trinajstić information content (AvgIpc) is 3.04. The van der Waals surface area contributed by atoms with Crippen molar-refractivity contribution < 1.29 is 27.4 Å². The first-order valence-corrected chi connectivity index (χ1v) is 11.6. The molecule has 1 aliphatic carbocycles. The van der Waals surface area contributed by atoms with Crippen molar-refractivity contribution in [3.8, 4) is 5.75 Å². The van der Waals surface area contributed by atoms with E-state index in [1.807, 2.05) is 6.07 Å². The zero-order valence-corrected chi connectivity index (χ0v) is 20.6. The zero-order valence-electron chi connectivity index (χ0n) is 20.6. The molecule has 0 saturated heterocycles. The first kappa shape index (κ1) is 25.0. The van der Waals surface area contributed by atoms with Crippen molar-refractivity contribution in [2.75, 3.05) is 19.5 Å². The Balaban J connectivity index is 1.72. The molecule has 1 heterocycles. The molecule has 1 saturated carbocycles. The normalized spacial score (nSPS) is 25.4. The fourth-order valence-electron chi connectivity index (χ4n) is 5.65. The van der Waals surface area contributed by atoms with Gasteiger partial charge in [0, 0.05) is 24.6 Å². The lowest BCUT2D eigenvalue weighted by atomic mass is 9.69. The van der Waals surface area contributed by atoms with Crippen LogP contribution in [0, 0.1) is 11.3 Å². The number of hydrogen-bond acceptors (Lipinski definition) is 5. The number of ether oxygens (including phenoxy) is 2. The van der Waals surface area contributed by atoms with E-state index in [0.29, 0.717) is 33.3 Å². The molecule has 35 heavy (non-hydrogen) atoms. The minimum atomic E-state index is -4.75. The van der Waals surface area contributed by atoms with E-state index in [4.69, 9.17) is 9.73 Å². The first-order chi connectivity index (χ1) is 16.3. The van der Waals surface area contributed by atoms with Gasteiger partial charge in [0.2, 0.25) is 0 Å². The van der Waals surface area contributed by atoms with Crippen molar-refractivity contribution in [2.24, 2.45) is 16.3 Å². The van der Waals surface area contributed by atoms with Gasteiger partial charge in [0.05, 0.1) is 19.7 Å². The molecule has 2 aromatic rings. The van der Waals surface area contributed by atoms with E-state index >= 15 is 0 Å². The molecule has 0 bridgehead atoms. The second kappa shape index (κ2) is 8.86. The Morgan fingerprint density at radius 1 is 1.14 bits per heavy atom. The summed E-state index contributed by atoms with van der Waals surface area (Å²) in [5, 5.41) is 3.34. The molecule has 6 nitrogen and oxygen atoms in total. The van der Waals surface area contributed by atoms with E-state index in [1.54, 1.807) is 12.1 Å². The van der Waals surface area contributed by atoms with Crippen molar-refractivity contribution >= 4 is 29.0 Å². The summed E-state index contributed by atoms with van der Waals surface area (Å²) in [6, 6.07) is 11.2. The lowest BCUT2D eigenvalue weighted by Crippen LogP contribution is -2.61. The molecule has 0 radical (unpaired) electrons. The van der Waals surface area contributed by atoms with Gasteiger partial charge in [0.25, 0.3) is 0 Å². The molecule has 1 aliphatic heterocycles. The summed E-state index contributed by atoms with van der Waals surface area (Å²) in [7, 11) is 3.44. The molecule has 188 valence electrons. The molecule has 4 rings (SSSR count). The smallest absolute Gasteiger partial charge is 0.465 e. The monoisotopic (exact) mass is 490 g/mol. The third-order valence-corrected chi connectivity index (χ3v) is 7.00. The number of hydrogen-bond donors (Lipinski definition) is 1. The topological polar surface area (TPSA) is 59.9 Å². The van der Waals surface area contributed by atoms with E-state index in [-0.39, 0.29) is 17.2 Å². The SMILES string of the molecule is COC(=O)c1ccc2c(c1)N=C(Nc1ccc(OC(F)(F)F)cc1)[N+]2(C)C1C[C@H](C)CC(C)(C)C1. The number of anilines is 1. The minimum Gasteiger partial charge on any atom is -0.465 e. The van der Waals surface area contributed by atoms with Crippen molar-refractivity contribution in [3.05, 3.63) is 48.0 Å². The van der Waals surface area contributed by atoms with Gasteiger partial charge in [-0.25, -0.2) is 9.28 Å². The number of carbonyl (C=O) groups excluding carboxylic acids is 1. The van der Waals surface area contributed by atoms with Crippen LogP contribution < -0.4 is 14.5 Å². The summed E-state index contributed by atoms with van der Waals surface area (Å²) in [5.41, 5.74) is 2.79. The molecular formula is C26H31F3N3O3+. The van der Waals surface area contributed by atoms with E-state index in [9.17, 15) is 18.0 Å². The lowest BCUT2D eigenvalue weighted by molar-refractivity contribution is -0.274. The molecule has 0 aromatic heterocycles. The minimum absolute atomic E-state index is 0.153. The fourth-order valence-corrected chi connectivity index (χ4v) is 5.65. The average molecular weight is 491 g/mol. The van der Waals surface area contributed by atoms with Gasteiger partial charge in [0.15, 0.2) is 5.69 Å². The zero-order chi connectivity index (χ0) is 25.6. The highest BCUT2D eigenvalue weighted by Crippen LogP contribution is 2.49. The van der Waals surface area contributed by atoms with Gasteiger partial charge in [-0.3, -0.25) is 5.32 Å². The summed E-state index contributed by atoms with van der Waals surface area (Å²) in [6.07, 6.45) is -1.64. The van der Waals surface area contributed by atoms with Gasteiger partial charge in [-0.15, -0.1) is 13.2 Å². The predicted octanol–water partition coefficient (Wildman–Crippen LogP) is 6.64. The molecule has 2 unspecified atom stereocenters. The maximum absolute atomic E-state index is 12.5. The maximum Gasteiger partial charge on any atom is 0.573 e. The third-order valence-electron chi connectivity index (χ3n) is 7.00. The Hall–Kier alpha value is -3.07. The van der Waals surface area contributed by atoms with Crippen molar-refractivity contribution in [1.29, 1.82) is 0 Å². The number of fused-ring (bicyclic) bond motifs is 1. The van der Waals surface area contributed by atoms with Gasteiger partial charge < -0.3 is 9.47 Å². The van der Waals surface area contributed by atoms with Crippen LogP contribution in [-0.4, -0.2) is 38.5 Å². The number of halogens is 3. The van der Waals surface area contributed by atoms with E-state index in [0.717, 1.165) is 24.9 Å². The highest BCUT2D eigenvalue weighted by molar-refractivity contribution is 6.09. The Morgan fingerprint density at radius 2 is 1.83 bits per heavy atom. The standard InChI is InChI=1S/C26H31F3N3O3/c1-16-12-19(15-25(2,3)14-16)32(4)22-11-6-17(23(33)34-5)13-21(22)31-24(32)30-18-7-9-20(10-8-18)35-26(27,28)29/h6-11,13,16,19H,12,14-15H2,1-5H3,(H,30,31)/q+1/t16-,19?,32?/m0/s1. The van der Waals surface area contributed by atoms with Crippen molar-refractivity contribution in [1.82, 2.24) is 4.48 Å². The van der Waals surface area contributed by atoms with Crippen LogP contribution >= 0.6 is 0 Å². The number of carbonyl (C=O) groups is 1. The number of alkyl halides is 3. The Bertz CT molecular complexity index is 1140. The number of aliphatic imine (C=N–C) groups is 1. The largest absolute Gasteiger partial charge is 0.573 e. The van der Waals surface area contributed by atoms with Gasteiger partial charge >= 0.3 is 18.3 Å². The number of quaternary nitrogens is 1. The lowest BCUT2D eigenvalue weighted by Gasteiger charge is -2.46. The van der Waals surface area contributed by atoms with E-state index in [2.05, 4.69) is 37.9 Å². The van der Waals surface area contributed by atoms with Crippen LogP contribution in [0.2, 0.25) is 0 Å². The van der Waals surface area contributed by atoms with Crippen LogP contribution in [0.25, 0.3) is 0 Å². The highest BCUT2D eigenvalue weighted by Gasteiger charge is 2.50. The van der Waals surface area contributed by atoms with Gasteiger partial charge in [-0.2, -0.15) is 4.99 Å². The van der Waals surface area contributed by atoms with Crippen LogP contribution in [0.4, 0.5) is 30.2 Å². The molecule has 0 spiro atoms. The van der Waals surface area contributed by atoms with E-state index < -0.39 is 12.3 Å². The van der Waals surface area contributed by atoms with Gasteiger partial charge in [-0.1, -0.05) is 20.8 Å². The second-order valence-electron chi connectivity index (χ2n) is 10.5. The summed E-state index contributed by atoms with van der Waals surface area (Å²) in [6.45, 7) is 6.83. The maximum atomic E-state index is 12.5. The van der Waals surface area contributed by atoms with E-state index in [1.165, 1.54) is 31.4 Å². The molecule has 2 aliphatic rings. The Morgan fingerprint density at radius 3 is 2.43 bits per heavy atom. The van der Waals surface area contributed by atoms with Crippen LogP contribution in [0.1, 0.15) is 50.4 Å². The number of nitrogens with one attached hydrogen (secondary N) is 1. The molecule has 1 N–H and O–H groups in total. The fraction of sp³-hybridized carbons (Fsp3) is 0.462. The van der Waals surface area contributed by atoms with Crippen LogP contribution in [0.5, 0.6) is 5.75 Å². The van der Waals surface area contributed by atoms with Gasteiger partial charge in [-0.05, 0) is 54.2 Å². The Labute approximate surface area is 203 Å². The molecule has 3 atom stereocenters. The molecule has 1 fully saturated rings. The van der Waals surface area contributed by atoms with Crippen LogP contribution in [-0.2, 0) is 4.74 Å². The quantitative estimate of drug-likeness (QED) is 0.386. The van der Waals surface area contributed by atoms with Crippen LogP contribution in [0.15, 0.2) is 47.5 Å². The van der Waals surface area contributed by atoms with Crippen molar-refractivity contribution in [3.63, 3.8) is 0 Å². The number of guanidine groups is 1. The molecule has 9 heteroatoms. The first-order valence-electron chi connectivity index (χ1n) is 11.6. The number of nitrogens with zero attached hydrogens (tertiary/aromatic N) is 2. The second-order valence-corrected chi connectivity index (χ2v) is 10.5. The van der Waals surface area contributed by atoms with Crippen LogP contribution in [0.3, 0.4) is 0 Å². The summed E-state index contributed by atoms with van der Waals surface area (Å²) < 4.78 is 46.9.